The van der Waals surface area contributed by atoms with Crippen molar-refractivity contribution in [3.63, 3.8) is 0 Å². The Kier molecular flexibility index (Phi) is 7.86. The Morgan fingerprint density at radius 1 is 1.09 bits per heavy atom. The molecule has 4 bridgehead atoms. The Hall–Kier alpha value is -2.78. The number of rotatable bonds is 3. The second-order valence-corrected chi connectivity index (χ2v) is 10.1. The van der Waals surface area contributed by atoms with Crippen LogP contribution in [-0.2, 0) is 17.8 Å². The van der Waals surface area contributed by atoms with E-state index in [0.717, 1.165) is 22.3 Å². The summed E-state index contributed by atoms with van der Waals surface area (Å²) in [6, 6.07) is 15.0. The second-order valence-electron chi connectivity index (χ2n) is 8.92. The molecule has 0 spiro atoms. The molecular formula is C26H28F3N3O2S. The summed E-state index contributed by atoms with van der Waals surface area (Å²) in [5.41, 5.74) is 4.50. The van der Waals surface area contributed by atoms with E-state index in [1.54, 1.807) is 12.1 Å². The van der Waals surface area contributed by atoms with Gasteiger partial charge in [0.2, 0.25) is 5.88 Å². The van der Waals surface area contributed by atoms with Crippen molar-refractivity contribution in [3.05, 3.63) is 65.2 Å². The molecule has 4 rings (SSSR count). The predicted molar refractivity (Wildman–Crippen MR) is 131 cm³/mol. The number of hydrogen-bond donors (Lipinski definition) is 1. The highest BCUT2D eigenvalue weighted by atomic mass is 32.2. The number of nitrogens with zero attached hydrogens (tertiary/aromatic N) is 2. The highest BCUT2D eigenvalue weighted by molar-refractivity contribution is 7.92. The largest absolute Gasteiger partial charge is 0.588 e. The van der Waals surface area contributed by atoms with Gasteiger partial charge < -0.3 is 9.29 Å². The summed E-state index contributed by atoms with van der Waals surface area (Å²) >= 11 is -1.59. The van der Waals surface area contributed by atoms with Gasteiger partial charge in [-0.05, 0) is 74.3 Å². The zero-order valence-corrected chi connectivity index (χ0v) is 20.5. The minimum absolute atomic E-state index is 0.00644. The molecule has 35 heavy (non-hydrogen) atoms. The van der Waals surface area contributed by atoms with E-state index in [9.17, 15) is 17.7 Å². The van der Waals surface area contributed by atoms with Crippen LogP contribution in [0.4, 0.5) is 19.1 Å². The third-order valence-corrected chi connectivity index (χ3v) is 7.17. The van der Waals surface area contributed by atoms with Crippen LogP contribution in [0, 0.1) is 19.8 Å². The molecule has 5 nitrogen and oxygen atoms in total. The van der Waals surface area contributed by atoms with Crippen molar-refractivity contribution in [1.82, 2.24) is 9.97 Å². The van der Waals surface area contributed by atoms with Gasteiger partial charge in [-0.2, -0.15) is 22.9 Å². The first kappa shape index (κ1) is 25.3. The fraction of sp³-hybridized carbons (Fsp3) is 0.385. The van der Waals surface area contributed by atoms with Crippen LogP contribution < -0.4 is 9.46 Å². The molecule has 2 atom stereocenters. The van der Waals surface area contributed by atoms with Crippen molar-refractivity contribution in [2.45, 2.75) is 57.0 Å². The molecule has 3 aromatic rings. The molecule has 186 valence electrons. The number of alkyl halides is 3. The molecule has 2 aromatic carbocycles. The van der Waals surface area contributed by atoms with Crippen LogP contribution in [0.1, 0.15) is 42.4 Å². The zero-order chi connectivity index (χ0) is 25.0. The maximum absolute atomic E-state index is 13.0. The number of hydrogen-bond acceptors (Lipinski definition) is 5. The Balaban J connectivity index is 1.71. The molecule has 0 aliphatic carbocycles. The van der Waals surface area contributed by atoms with E-state index in [2.05, 4.69) is 14.7 Å². The van der Waals surface area contributed by atoms with E-state index in [1.165, 1.54) is 0 Å². The zero-order valence-electron chi connectivity index (χ0n) is 19.7. The Bertz CT molecular complexity index is 1150. The van der Waals surface area contributed by atoms with Gasteiger partial charge in [-0.15, -0.1) is 0 Å². The minimum Gasteiger partial charge on any atom is -0.588 e. The van der Waals surface area contributed by atoms with Crippen LogP contribution in [0.3, 0.4) is 0 Å². The first-order valence-electron chi connectivity index (χ1n) is 11.6. The van der Waals surface area contributed by atoms with Crippen molar-refractivity contribution in [2.75, 3.05) is 11.3 Å². The highest BCUT2D eigenvalue weighted by Crippen LogP contribution is 2.31. The highest BCUT2D eigenvalue weighted by Gasteiger charge is 2.29. The number of fused-ring (bicyclic) bond motifs is 4. The summed E-state index contributed by atoms with van der Waals surface area (Å²) in [6.07, 6.45) is -3.08. The lowest BCUT2D eigenvalue weighted by atomic mass is 9.95. The van der Waals surface area contributed by atoms with E-state index in [4.69, 9.17) is 4.74 Å². The Labute approximate surface area is 206 Å². The van der Waals surface area contributed by atoms with Crippen LogP contribution in [0.25, 0.3) is 11.3 Å². The molecule has 0 fully saturated rings. The van der Waals surface area contributed by atoms with Crippen molar-refractivity contribution in [2.24, 2.45) is 5.92 Å². The fourth-order valence-corrected chi connectivity index (χ4v) is 5.16. The number of nitrogens with one attached hydrogen (secondary N) is 1. The minimum atomic E-state index is -4.21. The van der Waals surface area contributed by atoms with Crippen molar-refractivity contribution >= 4 is 17.3 Å². The van der Waals surface area contributed by atoms with Crippen molar-refractivity contribution in [1.29, 1.82) is 0 Å². The summed E-state index contributed by atoms with van der Waals surface area (Å²) < 4.78 is 60.6. The molecule has 0 amide bonds. The monoisotopic (exact) mass is 503 g/mol. The van der Waals surface area contributed by atoms with Gasteiger partial charge in [0.15, 0.2) is 4.90 Å². The summed E-state index contributed by atoms with van der Waals surface area (Å²) in [4.78, 5) is 9.56. The van der Waals surface area contributed by atoms with Crippen LogP contribution >= 0.6 is 0 Å². The average molecular weight is 504 g/mol. The number of benzene rings is 2. The molecule has 9 heteroatoms. The number of halogens is 3. The Morgan fingerprint density at radius 2 is 1.83 bits per heavy atom. The van der Waals surface area contributed by atoms with Crippen LogP contribution in [0.2, 0.25) is 0 Å². The summed E-state index contributed by atoms with van der Waals surface area (Å²) in [5, 5.41) is 0. The maximum atomic E-state index is 13.0. The normalized spacial score (nSPS) is 18.8. The second kappa shape index (κ2) is 10.9. The van der Waals surface area contributed by atoms with E-state index in [1.807, 2.05) is 50.2 Å². The molecular weight excluding hydrogens is 475 g/mol. The molecule has 1 N–H and O–H groups in total. The SMILES string of the molecule is Cc1cccc(C)c1-c1cc2nc(n1)N[S+]([O-])c1cccc(c1)CCC[C@H](CCC(F)(F)F)CO2. The predicted octanol–water partition coefficient (Wildman–Crippen LogP) is 6.57. The quantitative estimate of drug-likeness (QED) is 0.410. The van der Waals surface area contributed by atoms with Gasteiger partial charge in [-0.3, -0.25) is 0 Å². The third-order valence-electron chi connectivity index (χ3n) is 6.12. The molecule has 0 saturated carbocycles. The molecule has 1 aliphatic rings. The summed E-state index contributed by atoms with van der Waals surface area (Å²) in [7, 11) is 0. The lowest BCUT2D eigenvalue weighted by Crippen LogP contribution is -2.19. The van der Waals surface area contributed by atoms with E-state index in [0.29, 0.717) is 29.9 Å². The number of aryl methyl sites for hydroxylation is 3. The van der Waals surface area contributed by atoms with Gasteiger partial charge in [0.05, 0.1) is 12.3 Å². The number of aromatic nitrogens is 2. The lowest BCUT2D eigenvalue weighted by Gasteiger charge is -2.20. The summed E-state index contributed by atoms with van der Waals surface area (Å²) in [6.45, 7) is 4.06. The first-order valence-corrected chi connectivity index (χ1v) is 12.8. The molecule has 0 saturated heterocycles. The third kappa shape index (κ3) is 6.89. The Morgan fingerprint density at radius 3 is 2.57 bits per heavy atom. The molecule has 0 radical (unpaired) electrons. The number of ether oxygens (including phenoxy) is 1. The van der Waals surface area contributed by atoms with Gasteiger partial charge in [-0.1, -0.05) is 30.3 Å². The van der Waals surface area contributed by atoms with Gasteiger partial charge in [0, 0.05) is 18.1 Å². The van der Waals surface area contributed by atoms with Crippen molar-refractivity contribution in [3.8, 4) is 17.1 Å². The standard InChI is InChI=1S/C26H28F3N3O2S/c1-17-6-3-7-18(2)24(17)22-15-23-31-25(30-22)32-35(33)21-11-5-9-19(14-21)8-4-10-20(16-34-23)12-13-26(27,28)29/h3,5-7,9,11,14-15,20H,4,8,10,12-13,16H2,1-2H3,(H,30,31,32)/t20-,35?/m1/s1. The van der Waals surface area contributed by atoms with E-state index < -0.39 is 24.0 Å². The maximum Gasteiger partial charge on any atom is 0.389 e. The molecule has 1 unspecified atom stereocenters. The molecule has 2 heterocycles. The smallest absolute Gasteiger partial charge is 0.389 e. The fourth-order valence-electron chi connectivity index (χ4n) is 4.33. The van der Waals surface area contributed by atoms with Crippen molar-refractivity contribution < 1.29 is 22.5 Å². The first-order chi connectivity index (χ1) is 16.7. The van der Waals surface area contributed by atoms with Crippen LogP contribution in [0.15, 0.2) is 53.4 Å². The van der Waals surface area contributed by atoms with Crippen LogP contribution in [-0.4, -0.2) is 27.3 Å². The van der Waals surface area contributed by atoms with Gasteiger partial charge in [0.1, 0.15) is 11.4 Å². The number of anilines is 1. The topological polar surface area (TPSA) is 70.1 Å². The van der Waals surface area contributed by atoms with Crippen LogP contribution in [0.5, 0.6) is 5.88 Å². The van der Waals surface area contributed by atoms with Gasteiger partial charge in [0.25, 0.3) is 5.95 Å². The summed E-state index contributed by atoms with van der Waals surface area (Å²) in [5.74, 6) is 0.0969. The molecule has 1 aliphatic heterocycles. The molecule has 1 aromatic heterocycles. The van der Waals surface area contributed by atoms with Gasteiger partial charge in [-0.25, -0.2) is 4.98 Å². The van der Waals surface area contributed by atoms with E-state index in [-0.39, 0.29) is 30.8 Å². The average Bonchev–Trinajstić information content (AvgIpc) is 2.79. The van der Waals surface area contributed by atoms with E-state index >= 15 is 0 Å². The van der Waals surface area contributed by atoms with Gasteiger partial charge >= 0.3 is 6.18 Å². The lowest BCUT2D eigenvalue weighted by molar-refractivity contribution is -0.138.